The molecule has 27 heavy (non-hydrogen) atoms. The highest BCUT2D eigenvalue weighted by molar-refractivity contribution is 9.10. The van der Waals surface area contributed by atoms with E-state index in [-0.39, 0.29) is 0 Å². The fourth-order valence-electron chi connectivity index (χ4n) is 2.79. The zero-order valence-electron chi connectivity index (χ0n) is 14.2. The molecule has 0 aliphatic heterocycles. The highest BCUT2D eigenvalue weighted by Crippen LogP contribution is 2.28. The monoisotopic (exact) mass is 463 g/mol. The van der Waals surface area contributed by atoms with Gasteiger partial charge in [-0.1, -0.05) is 23.2 Å². The summed E-state index contributed by atoms with van der Waals surface area (Å²) in [6.45, 7) is 1.94. The summed E-state index contributed by atoms with van der Waals surface area (Å²) in [6.07, 6.45) is 1.64. The predicted molar refractivity (Wildman–Crippen MR) is 108 cm³/mol. The summed E-state index contributed by atoms with van der Waals surface area (Å²) < 4.78 is 8.14. The summed E-state index contributed by atoms with van der Waals surface area (Å²) in [4.78, 5) is 13.3. The first-order chi connectivity index (χ1) is 13.0. The summed E-state index contributed by atoms with van der Waals surface area (Å²) in [5.74, 6) is 0.813. The Morgan fingerprint density at radius 1 is 1.22 bits per heavy atom. The Hall–Kier alpha value is -2.22. The summed E-state index contributed by atoms with van der Waals surface area (Å²) in [5, 5.41) is 6.22. The smallest absolute Gasteiger partial charge is 0.248 e. The lowest BCUT2D eigenvalue weighted by Crippen LogP contribution is -2.09. The maximum Gasteiger partial charge on any atom is 0.248 e. The molecule has 0 saturated carbocycles. The van der Waals surface area contributed by atoms with E-state index >= 15 is 0 Å². The Balaban J connectivity index is 2.04. The summed E-state index contributed by atoms with van der Waals surface area (Å²) in [6, 6.07) is 8.92. The molecule has 4 aromatic rings. The average Bonchev–Trinajstić information content (AvgIpc) is 3.03. The van der Waals surface area contributed by atoms with E-state index in [2.05, 4.69) is 36.0 Å². The van der Waals surface area contributed by atoms with Crippen molar-refractivity contribution in [3.05, 3.63) is 62.3 Å². The van der Waals surface area contributed by atoms with Crippen molar-refractivity contribution < 1.29 is 4.42 Å². The fourth-order valence-corrected chi connectivity index (χ4v) is 3.64. The first-order valence-corrected chi connectivity index (χ1v) is 9.43. The van der Waals surface area contributed by atoms with Crippen molar-refractivity contribution in [2.75, 3.05) is 7.05 Å². The Kier molecular flexibility index (Phi) is 4.75. The highest BCUT2D eigenvalue weighted by Gasteiger charge is 2.19. The Bertz CT molecular complexity index is 1250. The van der Waals surface area contributed by atoms with Gasteiger partial charge in [0, 0.05) is 24.3 Å². The van der Waals surface area contributed by atoms with Crippen LogP contribution in [0.15, 0.2) is 50.5 Å². The van der Waals surface area contributed by atoms with Gasteiger partial charge in [-0.2, -0.15) is 5.10 Å². The van der Waals surface area contributed by atoms with E-state index in [1.807, 2.05) is 13.0 Å². The predicted octanol–water partition coefficient (Wildman–Crippen LogP) is 4.98. The zero-order chi connectivity index (χ0) is 19.1. The van der Waals surface area contributed by atoms with Gasteiger partial charge < -0.3 is 4.42 Å². The van der Waals surface area contributed by atoms with Crippen LogP contribution in [-0.2, 0) is 0 Å². The Morgan fingerprint density at radius 2 is 2.04 bits per heavy atom. The van der Waals surface area contributed by atoms with Gasteiger partial charge >= 0.3 is 0 Å². The van der Waals surface area contributed by atoms with Crippen LogP contribution in [0.25, 0.3) is 28.3 Å². The Morgan fingerprint density at radius 3 is 2.78 bits per heavy atom. The van der Waals surface area contributed by atoms with E-state index in [4.69, 9.17) is 27.6 Å². The van der Waals surface area contributed by atoms with Crippen LogP contribution in [0.3, 0.4) is 0 Å². The van der Waals surface area contributed by atoms with Crippen molar-refractivity contribution in [2.45, 2.75) is 6.92 Å². The van der Waals surface area contributed by atoms with Crippen LogP contribution < -0.4 is 5.55 Å². The molecule has 0 atom stereocenters. The van der Waals surface area contributed by atoms with Gasteiger partial charge in [0.25, 0.3) is 0 Å². The summed E-state index contributed by atoms with van der Waals surface area (Å²) in [7, 11) is 1.65. The van der Waals surface area contributed by atoms with Gasteiger partial charge in [0.05, 0.1) is 15.9 Å². The number of nitrogens with zero attached hydrogens (tertiary/aromatic N) is 5. The minimum atomic E-state index is 0.341. The van der Waals surface area contributed by atoms with E-state index in [0.29, 0.717) is 37.6 Å². The number of hydrogen-bond donors (Lipinski definition) is 0. The third-order valence-electron chi connectivity index (χ3n) is 3.94. The third kappa shape index (κ3) is 3.26. The van der Waals surface area contributed by atoms with Crippen LogP contribution >= 0.6 is 39.1 Å². The van der Waals surface area contributed by atoms with Crippen LogP contribution in [0.4, 0.5) is 0 Å². The van der Waals surface area contributed by atoms with Crippen molar-refractivity contribution in [2.24, 2.45) is 4.99 Å². The number of pyridine rings is 1. The normalized spacial score (nSPS) is 12.1. The van der Waals surface area contributed by atoms with Crippen molar-refractivity contribution in [3.63, 3.8) is 0 Å². The van der Waals surface area contributed by atoms with Crippen LogP contribution in [0, 0.1) is 6.92 Å². The van der Waals surface area contributed by atoms with Crippen molar-refractivity contribution in [1.82, 2.24) is 19.7 Å². The lowest BCUT2D eigenvalue weighted by Gasteiger charge is -2.09. The quantitative estimate of drug-likeness (QED) is 0.419. The molecule has 3 heterocycles. The Labute approximate surface area is 172 Å². The first-order valence-electron chi connectivity index (χ1n) is 7.88. The number of rotatable bonds is 2. The molecule has 0 bridgehead atoms. The molecule has 4 rings (SSSR count). The zero-order valence-corrected chi connectivity index (χ0v) is 17.3. The fraction of sp³-hybridized carbons (Fsp3) is 0.111. The first kappa shape index (κ1) is 18.2. The largest absolute Gasteiger partial charge is 0.418 e. The van der Waals surface area contributed by atoms with E-state index < -0.39 is 0 Å². The van der Waals surface area contributed by atoms with Crippen LogP contribution in [0.5, 0.6) is 0 Å². The molecule has 0 aliphatic carbocycles. The second-order valence-electron chi connectivity index (χ2n) is 5.74. The van der Waals surface area contributed by atoms with Crippen molar-refractivity contribution >= 4 is 50.0 Å². The minimum absolute atomic E-state index is 0.341. The number of aromatic nitrogens is 4. The molecule has 136 valence electrons. The molecule has 9 heteroatoms. The highest BCUT2D eigenvalue weighted by atomic mass is 79.9. The lowest BCUT2D eigenvalue weighted by atomic mass is 10.1. The van der Waals surface area contributed by atoms with Gasteiger partial charge in [-0.25, -0.2) is 14.6 Å². The molecular weight excluding hydrogens is 453 g/mol. The number of hydrogen-bond acceptors (Lipinski definition) is 5. The van der Waals surface area contributed by atoms with Gasteiger partial charge in [-0.05, 0) is 52.7 Å². The minimum Gasteiger partial charge on any atom is -0.418 e. The molecule has 0 spiro atoms. The maximum absolute atomic E-state index is 6.30. The standard InChI is InChI=1S/C18H12BrCl2N5O/c1-9-6-10(20)7-11-15(9)24-18(27-17(11)22-2)13-8-14(19)25-26(13)16-12(21)4-3-5-23-16/h3-8H,1-2H3/b22-17-. The van der Waals surface area contributed by atoms with Gasteiger partial charge in [0.15, 0.2) is 5.82 Å². The SMILES string of the molecule is C/N=c1\oc(-c2cc(Br)nn2-c2ncccc2Cl)nc2c(C)cc(Cl)cc12. The molecule has 0 N–H and O–H groups in total. The van der Waals surface area contributed by atoms with E-state index in [1.165, 1.54) is 0 Å². The molecular formula is C18H12BrCl2N5O. The molecule has 0 radical (unpaired) electrons. The molecule has 0 saturated heterocycles. The third-order valence-corrected chi connectivity index (χ3v) is 4.84. The van der Waals surface area contributed by atoms with E-state index in [1.54, 1.807) is 42.2 Å². The topological polar surface area (TPSA) is 69.1 Å². The van der Waals surface area contributed by atoms with Crippen molar-refractivity contribution in [1.29, 1.82) is 0 Å². The average molecular weight is 465 g/mol. The number of halogens is 3. The van der Waals surface area contributed by atoms with Gasteiger partial charge in [-0.3, -0.25) is 4.99 Å². The molecule has 0 unspecified atom stereocenters. The molecule has 6 nitrogen and oxygen atoms in total. The van der Waals surface area contributed by atoms with E-state index in [0.717, 1.165) is 16.5 Å². The van der Waals surface area contributed by atoms with Crippen LogP contribution in [-0.4, -0.2) is 26.8 Å². The van der Waals surface area contributed by atoms with Crippen molar-refractivity contribution in [3.8, 4) is 17.4 Å². The number of aryl methyl sites for hydroxylation is 1. The second-order valence-corrected chi connectivity index (χ2v) is 7.40. The maximum atomic E-state index is 6.30. The molecule has 0 aliphatic rings. The van der Waals surface area contributed by atoms with E-state index in [9.17, 15) is 0 Å². The van der Waals surface area contributed by atoms with Gasteiger partial charge in [0.1, 0.15) is 10.3 Å². The number of benzene rings is 1. The van der Waals surface area contributed by atoms with Gasteiger partial charge in [-0.15, -0.1) is 0 Å². The second kappa shape index (κ2) is 7.07. The summed E-state index contributed by atoms with van der Waals surface area (Å²) in [5.41, 5.74) is 2.68. The molecule has 0 amide bonds. The van der Waals surface area contributed by atoms with Crippen LogP contribution in [0.2, 0.25) is 10.0 Å². The molecule has 3 aromatic heterocycles. The van der Waals surface area contributed by atoms with Gasteiger partial charge in [0.2, 0.25) is 11.4 Å². The van der Waals surface area contributed by atoms with Crippen LogP contribution in [0.1, 0.15) is 5.56 Å². The number of fused-ring (bicyclic) bond motifs is 1. The lowest BCUT2D eigenvalue weighted by molar-refractivity contribution is 0.497. The summed E-state index contributed by atoms with van der Waals surface area (Å²) >= 11 is 15.9. The molecule has 1 aromatic carbocycles. The molecule has 0 fully saturated rings.